The van der Waals surface area contributed by atoms with Gasteiger partial charge >= 0.3 is 6.18 Å². The summed E-state index contributed by atoms with van der Waals surface area (Å²) < 4.78 is 36.2. The van der Waals surface area contributed by atoms with E-state index in [9.17, 15) is 13.2 Å². The first-order chi connectivity index (χ1) is 7.29. The lowest BCUT2D eigenvalue weighted by Gasteiger charge is -2.16. The molecule has 2 N–H and O–H groups in total. The Morgan fingerprint density at radius 3 is 2.35 bits per heavy atom. The van der Waals surface area contributed by atoms with Crippen molar-refractivity contribution in [3.05, 3.63) is 34.9 Å². The van der Waals surface area contributed by atoms with E-state index in [1.165, 1.54) is 0 Å². The van der Waals surface area contributed by atoms with Crippen LogP contribution < -0.4 is 5.73 Å². The molecular weight excluding hydrogens is 251 g/mol. The maximum atomic E-state index is 12.1. The minimum absolute atomic E-state index is 0. The van der Waals surface area contributed by atoms with Crippen molar-refractivity contribution in [3.8, 4) is 0 Å². The van der Waals surface area contributed by atoms with Crippen molar-refractivity contribution in [2.45, 2.75) is 38.9 Å². The average Bonchev–Trinajstić information content (AvgIpc) is 2.17. The Morgan fingerprint density at radius 1 is 1.24 bits per heavy atom. The van der Waals surface area contributed by atoms with Gasteiger partial charge in [-0.25, -0.2) is 0 Å². The van der Waals surface area contributed by atoms with Gasteiger partial charge in [-0.3, -0.25) is 0 Å². The summed E-state index contributed by atoms with van der Waals surface area (Å²) >= 11 is 0. The third-order valence-corrected chi connectivity index (χ3v) is 2.57. The third kappa shape index (κ3) is 5.41. The van der Waals surface area contributed by atoms with Crippen LogP contribution in [-0.4, -0.2) is 6.18 Å². The van der Waals surface area contributed by atoms with Crippen molar-refractivity contribution in [3.63, 3.8) is 0 Å². The van der Waals surface area contributed by atoms with E-state index in [0.29, 0.717) is 0 Å². The molecule has 5 heteroatoms. The maximum absolute atomic E-state index is 12.1. The van der Waals surface area contributed by atoms with Crippen LogP contribution in [0.4, 0.5) is 13.2 Å². The Bertz CT molecular complexity index is 363. The summed E-state index contributed by atoms with van der Waals surface area (Å²) in [6, 6.07) is 5.13. The fraction of sp³-hybridized carbons (Fsp3) is 0.500. The molecule has 98 valence electrons. The average molecular weight is 268 g/mol. The lowest BCUT2D eigenvalue weighted by atomic mass is 9.96. The van der Waals surface area contributed by atoms with Gasteiger partial charge in [0.2, 0.25) is 0 Å². The first-order valence-electron chi connectivity index (χ1n) is 5.19. The van der Waals surface area contributed by atoms with Gasteiger partial charge in [0.25, 0.3) is 0 Å². The summed E-state index contributed by atoms with van der Waals surface area (Å²) in [6.45, 7) is 3.77. The number of hydrogen-bond donors (Lipinski definition) is 1. The van der Waals surface area contributed by atoms with Crippen LogP contribution in [0.15, 0.2) is 18.2 Å². The van der Waals surface area contributed by atoms with Crippen molar-refractivity contribution >= 4 is 12.4 Å². The molecule has 0 saturated heterocycles. The fourth-order valence-electron chi connectivity index (χ4n) is 1.63. The molecule has 0 aliphatic rings. The van der Waals surface area contributed by atoms with Gasteiger partial charge in [0.15, 0.2) is 0 Å². The van der Waals surface area contributed by atoms with Crippen molar-refractivity contribution in [2.24, 2.45) is 5.73 Å². The Labute approximate surface area is 106 Å². The summed E-state index contributed by atoms with van der Waals surface area (Å²) in [7, 11) is 0. The number of hydrogen-bond acceptors (Lipinski definition) is 1. The molecule has 0 bridgehead atoms. The lowest BCUT2D eigenvalue weighted by Crippen LogP contribution is -2.16. The summed E-state index contributed by atoms with van der Waals surface area (Å²) in [5.41, 5.74) is 8.54. The normalized spacial score (nSPS) is 13.1. The van der Waals surface area contributed by atoms with E-state index in [2.05, 4.69) is 0 Å². The van der Waals surface area contributed by atoms with Crippen LogP contribution in [0.5, 0.6) is 0 Å². The van der Waals surface area contributed by atoms with Gasteiger partial charge < -0.3 is 5.73 Å². The zero-order valence-electron chi connectivity index (χ0n) is 9.84. The van der Waals surface area contributed by atoms with Crippen LogP contribution in [0.3, 0.4) is 0 Å². The summed E-state index contributed by atoms with van der Waals surface area (Å²) in [5, 5.41) is 0. The van der Waals surface area contributed by atoms with Gasteiger partial charge in [0.1, 0.15) is 0 Å². The van der Waals surface area contributed by atoms with Crippen molar-refractivity contribution in [1.82, 2.24) is 0 Å². The standard InChI is InChI=1S/C12H16F3N.ClH/c1-8-3-4-9(2)10(7-8)11(16)5-6-12(13,14)15;/h3-4,7,11H,5-6,16H2,1-2H3;1H/t11-;/m0./s1. The molecule has 1 atom stereocenters. The first kappa shape index (κ1) is 16.3. The molecule has 0 spiro atoms. The summed E-state index contributed by atoms with van der Waals surface area (Å²) in [5.74, 6) is 0. The Kier molecular flexibility index (Phi) is 5.99. The zero-order valence-corrected chi connectivity index (χ0v) is 10.7. The molecule has 0 aromatic heterocycles. The highest BCUT2D eigenvalue weighted by Gasteiger charge is 2.28. The SMILES string of the molecule is Cc1ccc(C)c([C@@H](N)CCC(F)(F)F)c1.Cl. The number of benzene rings is 1. The van der Waals surface area contributed by atoms with E-state index in [1.54, 1.807) is 0 Å². The third-order valence-electron chi connectivity index (χ3n) is 2.57. The van der Waals surface area contributed by atoms with Crippen molar-refractivity contribution in [1.29, 1.82) is 0 Å². The molecule has 17 heavy (non-hydrogen) atoms. The topological polar surface area (TPSA) is 26.0 Å². The Morgan fingerprint density at radius 2 is 1.82 bits per heavy atom. The van der Waals surface area contributed by atoms with Crippen molar-refractivity contribution < 1.29 is 13.2 Å². The predicted octanol–water partition coefficient (Wildman–Crippen LogP) is 4.07. The highest BCUT2D eigenvalue weighted by Crippen LogP contribution is 2.27. The van der Waals surface area contributed by atoms with E-state index in [4.69, 9.17) is 5.73 Å². The first-order valence-corrected chi connectivity index (χ1v) is 5.19. The quantitative estimate of drug-likeness (QED) is 0.878. The molecule has 0 saturated carbocycles. The second-order valence-corrected chi connectivity index (χ2v) is 4.12. The summed E-state index contributed by atoms with van der Waals surface area (Å²) in [6.07, 6.45) is -5.02. The minimum atomic E-state index is -4.13. The minimum Gasteiger partial charge on any atom is -0.324 e. The molecule has 0 aliphatic carbocycles. The monoisotopic (exact) mass is 267 g/mol. The van der Waals surface area contributed by atoms with Crippen LogP contribution in [0.1, 0.15) is 35.6 Å². The molecule has 0 amide bonds. The number of aryl methyl sites for hydroxylation is 2. The predicted molar refractivity (Wildman–Crippen MR) is 65.4 cm³/mol. The fourth-order valence-corrected chi connectivity index (χ4v) is 1.63. The number of nitrogens with two attached hydrogens (primary N) is 1. The molecular formula is C12H17ClF3N. The molecule has 1 aromatic rings. The highest BCUT2D eigenvalue weighted by atomic mass is 35.5. The van der Waals surface area contributed by atoms with Gasteiger partial charge in [-0.15, -0.1) is 12.4 Å². The molecule has 0 aliphatic heterocycles. The molecule has 0 unspecified atom stereocenters. The number of halogens is 4. The maximum Gasteiger partial charge on any atom is 0.389 e. The van der Waals surface area contributed by atoms with Gasteiger partial charge in [0.05, 0.1) is 0 Å². The Hall–Kier alpha value is -0.740. The number of rotatable bonds is 3. The van der Waals surface area contributed by atoms with E-state index in [-0.39, 0.29) is 18.8 Å². The van der Waals surface area contributed by atoms with Crippen LogP contribution in [0.25, 0.3) is 0 Å². The molecule has 1 rings (SSSR count). The number of alkyl halides is 3. The second kappa shape index (κ2) is 6.26. The Balaban J connectivity index is 0.00000256. The molecule has 0 fully saturated rings. The van der Waals surface area contributed by atoms with Crippen molar-refractivity contribution in [2.75, 3.05) is 0 Å². The largest absolute Gasteiger partial charge is 0.389 e. The van der Waals surface area contributed by atoms with Crippen LogP contribution >= 0.6 is 12.4 Å². The van der Waals surface area contributed by atoms with Gasteiger partial charge in [-0.1, -0.05) is 23.8 Å². The molecule has 1 nitrogen and oxygen atoms in total. The smallest absolute Gasteiger partial charge is 0.324 e. The molecule has 0 radical (unpaired) electrons. The molecule has 1 aromatic carbocycles. The van der Waals surface area contributed by atoms with Gasteiger partial charge in [-0.2, -0.15) is 13.2 Å². The van der Waals surface area contributed by atoms with Gasteiger partial charge in [0, 0.05) is 12.5 Å². The lowest BCUT2D eigenvalue weighted by molar-refractivity contribution is -0.136. The van der Waals surface area contributed by atoms with Crippen LogP contribution in [-0.2, 0) is 0 Å². The highest BCUT2D eigenvalue weighted by molar-refractivity contribution is 5.85. The van der Waals surface area contributed by atoms with E-state index < -0.39 is 18.6 Å². The molecule has 0 heterocycles. The second-order valence-electron chi connectivity index (χ2n) is 4.12. The van der Waals surface area contributed by atoms with Crippen LogP contribution in [0.2, 0.25) is 0 Å². The van der Waals surface area contributed by atoms with Gasteiger partial charge in [-0.05, 0) is 31.4 Å². The van der Waals surface area contributed by atoms with E-state index >= 15 is 0 Å². The zero-order chi connectivity index (χ0) is 12.3. The van der Waals surface area contributed by atoms with Crippen LogP contribution in [0, 0.1) is 13.8 Å². The van der Waals surface area contributed by atoms with E-state index in [1.807, 2.05) is 32.0 Å². The van der Waals surface area contributed by atoms with E-state index in [0.717, 1.165) is 16.7 Å². The summed E-state index contributed by atoms with van der Waals surface area (Å²) in [4.78, 5) is 0.